The van der Waals surface area contributed by atoms with Crippen LogP contribution in [0.2, 0.25) is 5.02 Å². The number of pyridine rings is 1. The van der Waals surface area contributed by atoms with E-state index in [9.17, 15) is 14.3 Å². The van der Waals surface area contributed by atoms with Crippen LogP contribution in [0.1, 0.15) is 16.8 Å². The van der Waals surface area contributed by atoms with Crippen LogP contribution in [0.4, 0.5) is 10.1 Å². The number of nitrogens with one attached hydrogen (secondary N) is 1. The smallest absolute Gasteiger partial charge is 0.326 e. The molecular formula is C48H46ClFN6O6. The van der Waals surface area contributed by atoms with Crippen molar-refractivity contribution < 1.29 is 32.9 Å². The lowest BCUT2D eigenvalue weighted by molar-refractivity contribution is -0.137. The van der Waals surface area contributed by atoms with Crippen molar-refractivity contribution in [2.24, 2.45) is 0 Å². The number of para-hydroxylation sites is 2. The number of rotatable bonds is 16. The van der Waals surface area contributed by atoms with Crippen molar-refractivity contribution >= 4 is 34.4 Å². The number of aromatic nitrogens is 3. The van der Waals surface area contributed by atoms with Crippen LogP contribution < -0.4 is 19.5 Å². The average molecular weight is 857 g/mol. The van der Waals surface area contributed by atoms with Gasteiger partial charge in [0.05, 0.1) is 28.8 Å². The first kappa shape index (κ1) is 42.2. The molecule has 0 aliphatic carbocycles. The average Bonchev–Trinajstić information content (AvgIpc) is 3.68. The number of carboxylic acids is 1. The van der Waals surface area contributed by atoms with E-state index in [1.54, 1.807) is 49.8 Å². The molecule has 1 aliphatic heterocycles. The Hall–Kier alpha value is -6.54. The van der Waals surface area contributed by atoms with Gasteiger partial charge in [0.1, 0.15) is 48.1 Å². The van der Waals surface area contributed by atoms with E-state index in [1.165, 1.54) is 12.1 Å². The fourth-order valence-corrected chi connectivity index (χ4v) is 7.83. The number of piperazine rings is 1. The first-order valence-electron chi connectivity index (χ1n) is 20.3. The summed E-state index contributed by atoms with van der Waals surface area (Å²) in [6.07, 6.45) is 3.29. The normalized spacial score (nSPS) is 13.8. The number of methoxy groups -OCH3 is 1. The van der Waals surface area contributed by atoms with Gasteiger partial charge in [-0.2, -0.15) is 0 Å². The molecule has 0 radical (unpaired) electrons. The van der Waals surface area contributed by atoms with E-state index in [0.717, 1.165) is 49.4 Å². The predicted octanol–water partition coefficient (Wildman–Crippen LogP) is 9.04. The van der Waals surface area contributed by atoms with Gasteiger partial charge in [-0.15, -0.1) is 0 Å². The summed E-state index contributed by atoms with van der Waals surface area (Å²) in [4.78, 5) is 31.5. The van der Waals surface area contributed by atoms with Crippen molar-refractivity contribution in [2.75, 3.05) is 58.8 Å². The summed E-state index contributed by atoms with van der Waals surface area (Å²) in [7, 11) is 3.73. The van der Waals surface area contributed by atoms with Gasteiger partial charge in [-0.1, -0.05) is 48.0 Å². The molecule has 0 saturated carbocycles. The summed E-state index contributed by atoms with van der Waals surface area (Å²) in [5.74, 6) is 1.16. The second-order valence-electron chi connectivity index (χ2n) is 15.1. The molecule has 4 heterocycles. The predicted molar refractivity (Wildman–Crippen MR) is 238 cm³/mol. The van der Waals surface area contributed by atoms with Crippen molar-refractivity contribution in [1.82, 2.24) is 24.8 Å². The lowest BCUT2D eigenvalue weighted by atomic mass is 9.94. The summed E-state index contributed by atoms with van der Waals surface area (Å²) in [5.41, 5.74) is 5.46. The minimum atomic E-state index is -1.11. The zero-order valence-electron chi connectivity index (χ0n) is 34.6. The Morgan fingerprint density at radius 2 is 1.63 bits per heavy atom. The molecule has 318 valence electrons. The van der Waals surface area contributed by atoms with Crippen LogP contribution in [0.3, 0.4) is 0 Å². The number of hydrogen-bond donors (Lipinski definition) is 2. The Morgan fingerprint density at radius 1 is 0.887 bits per heavy atom. The number of ether oxygens (including phenoxy) is 3. The number of furan rings is 1. The van der Waals surface area contributed by atoms with Crippen LogP contribution >= 0.6 is 11.6 Å². The van der Waals surface area contributed by atoms with Crippen LogP contribution in [-0.4, -0.2) is 95.4 Å². The van der Waals surface area contributed by atoms with Gasteiger partial charge >= 0.3 is 5.97 Å². The Kier molecular flexibility index (Phi) is 12.9. The third-order valence-electron chi connectivity index (χ3n) is 11.0. The van der Waals surface area contributed by atoms with Crippen LogP contribution in [0, 0.1) is 12.7 Å². The topological polar surface area (TPSA) is 135 Å². The molecule has 8 rings (SSSR count). The first-order chi connectivity index (χ1) is 30.2. The van der Waals surface area contributed by atoms with Crippen molar-refractivity contribution in [3.63, 3.8) is 0 Å². The number of benzene rings is 4. The van der Waals surface area contributed by atoms with Crippen LogP contribution in [0.25, 0.3) is 44.9 Å². The van der Waals surface area contributed by atoms with E-state index < -0.39 is 17.8 Å². The van der Waals surface area contributed by atoms with Crippen LogP contribution in [-0.2, 0) is 17.8 Å². The molecule has 0 unspecified atom stereocenters. The van der Waals surface area contributed by atoms with Gasteiger partial charge in [-0.25, -0.2) is 24.1 Å². The number of fused-ring (bicyclic) bond motifs is 1. The zero-order valence-corrected chi connectivity index (χ0v) is 35.4. The molecule has 1 aliphatic rings. The molecule has 12 nitrogen and oxygen atoms in total. The van der Waals surface area contributed by atoms with Gasteiger partial charge in [0, 0.05) is 68.4 Å². The van der Waals surface area contributed by atoms with Crippen molar-refractivity contribution in [3.8, 4) is 51.1 Å². The van der Waals surface area contributed by atoms with E-state index in [2.05, 4.69) is 32.1 Å². The van der Waals surface area contributed by atoms with Crippen LogP contribution in [0.15, 0.2) is 114 Å². The number of likely N-dealkylation sites (N-methyl/N-ethyl adjacent to an activating group) is 1. The Morgan fingerprint density at radius 3 is 2.40 bits per heavy atom. The maximum absolute atomic E-state index is 14.2. The van der Waals surface area contributed by atoms with Crippen molar-refractivity contribution in [2.45, 2.75) is 26.0 Å². The first-order valence-corrected chi connectivity index (χ1v) is 20.7. The molecule has 0 spiro atoms. The molecule has 62 heavy (non-hydrogen) atoms. The molecule has 7 aromatic rings. The zero-order chi connectivity index (χ0) is 43.2. The Labute approximate surface area is 363 Å². The Bertz CT molecular complexity index is 2690. The third-order valence-corrected chi connectivity index (χ3v) is 11.5. The summed E-state index contributed by atoms with van der Waals surface area (Å²) in [6, 6.07) is 26.9. The number of halogens is 2. The quantitative estimate of drug-likeness (QED) is 0.0960. The molecule has 4 aromatic carbocycles. The number of carboxylic acid groups (broad SMARTS) is 1. The summed E-state index contributed by atoms with van der Waals surface area (Å²) < 4.78 is 38.6. The number of aliphatic carboxylic acids is 1. The van der Waals surface area contributed by atoms with Crippen molar-refractivity contribution in [1.29, 1.82) is 0 Å². The van der Waals surface area contributed by atoms with E-state index >= 15 is 0 Å². The fraction of sp³-hybridized carbons (Fsp3) is 0.250. The highest BCUT2D eigenvalue weighted by molar-refractivity contribution is 6.33. The van der Waals surface area contributed by atoms with E-state index in [1.807, 2.05) is 61.5 Å². The van der Waals surface area contributed by atoms with E-state index in [-0.39, 0.29) is 18.7 Å². The third kappa shape index (κ3) is 9.35. The van der Waals surface area contributed by atoms with Gasteiger partial charge in [-0.05, 0) is 91.3 Å². The molecule has 0 amide bonds. The second kappa shape index (κ2) is 19.0. The molecule has 0 bridgehead atoms. The number of carbonyl (C=O) groups is 1. The highest BCUT2D eigenvalue weighted by Gasteiger charge is 2.27. The van der Waals surface area contributed by atoms with E-state index in [4.69, 9.17) is 35.2 Å². The van der Waals surface area contributed by atoms with Gasteiger partial charge in [0.2, 0.25) is 5.71 Å². The summed E-state index contributed by atoms with van der Waals surface area (Å²) in [6.45, 7) is 7.27. The fourth-order valence-electron chi connectivity index (χ4n) is 7.61. The Balaban J connectivity index is 1.08. The molecule has 14 heteroatoms. The van der Waals surface area contributed by atoms with Gasteiger partial charge in [0.25, 0.3) is 0 Å². The van der Waals surface area contributed by atoms with Gasteiger partial charge in [0.15, 0.2) is 5.82 Å². The van der Waals surface area contributed by atoms with Crippen LogP contribution in [0.5, 0.6) is 17.2 Å². The maximum atomic E-state index is 14.2. The lowest BCUT2D eigenvalue weighted by Gasteiger charge is -2.32. The summed E-state index contributed by atoms with van der Waals surface area (Å²) in [5, 5.41) is 14.9. The lowest BCUT2D eigenvalue weighted by Crippen LogP contribution is -2.45. The number of nitrogens with zero attached hydrogens (tertiary/aromatic N) is 5. The molecule has 1 fully saturated rings. The molecule has 1 saturated heterocycles. The monoisotopic (exact) mass is 856 g/mol. The second-order valence-corrected chi connectivity index (χ2v) is 15.5. The van der Waals surface area contributed by atoms with Gasteiger partial charge < -0.3 is 34.0 Å². The number of hydrogen-bond acceptors (Lipinski definition) is 11. The molecular weight excluding hydrogens is 811 g/mol. The minimum Gasteiger partial charge on any atom is -0.496 e. The highest BCUT2D eigenvalue weighted by atomic mass is 35.5. The number of anilines is 1. The minimum absolute atomic E-state index is 0.0641. The standard InChI is InChI=1S/C48H46ClFN6O6/c1-30-35(16-17-41(44(30)49)60-27-26-56-24-22-55(2)23-25-56)42-43-37(19-21-52-47(43)62-45(42)31-12-14-33(50)15-13-31)54-38(48(57)58)28-32-8-4-6-10-39(32)61-29-34-18-20-51-46(53-34)36-9-5-7-11-40(36)59-3/h4-21,38H,22-29H2,1-3H3,(H,52,54)(H,57,58)/t38-/m0/s1. The van der Waals surface area contributed by atoms with E-state index in [0.29, 0.717) is 73.9 Å². The largest absolute Gasteiger partial charge is 0.496 e. The molecule has 3 aromatic heterocycles. The SMILES string of the molecule is COc1ccccc1-c1nccc(COc2ccccc2C[C@H](Nc2ccnc3oc(-c4ccc(F)cc4)c(-c4ccc(OCCN5CCN(C)CC5)c(Cl)c4C)c23)C(=O)O)n1. The maximum Gasteiger partial charge on any atom is 0.326 e. The van der Waals surface area contributed by atoms with Crippen molar-refractivity contribution in [3.05, 3.63) is 137 Å². The molecule has 2 N–H and O–H groups in total. The summed E-state index contributed by atoms with van der Waals surface area (Å²) >= 11 is 7.05. The highest BCUT2D eigenvalue weighted by Crippen LogP contribution is 2.47. The van der Waals surface area contributed by atoms with Gasteiger partial charge in [-0.3, -0.25) is 4.90 Å². The molecule has 1 atom stereocenters.